The van der Waals surface area contributed by atoms with Crippen LogP contribution in [-0.2, 0) is 5.66 Å². The predicted molar refractivity (Wildman–Crippen MR) is 79.1 cm³/mol. The van der Waals surface area contributed by atoms with Gasteiger partial charge in [0.1, 0.15) is 5.66 Å². The third kappa shape index (κ3) is 5.01. The molecule has 3 nitrogen and oxygen atoms in total. The van der Waals surface area contributed by atoms with Crippen LogP contribution in [0, 0.1) is 0 Å². The summed E-state index contributed by atoms with van der Waals surface area (Å²) >= 11 is 8.80. The molecule has 0 saturated carbocycles. The molecule has 0 unspecified atom stereocenters. The standard InChI is InChI=1S/C13H14N2.CCl2O/c14-13(15,11-7-3-1-4-8-11)12-9-5-2-6-10-12;2-1(3)4/h1-10H,14-15H2;. The topological polar surface area (TPSA) is 69.1 Å². The fourth-order valence-electron chi connectivity index (χ4n) is 1.59. The molecule has 2 rings (SSSR count). The van der Waals surface area contributed by atoms with Crippen molar-refractivity contribution in [1.82, 2.24) is 0 Å². The molecule has 0 radical (unpaired) electrons. The first kappa shape index (κ1) is 15.7. The fourth-order valence-corrected chi connectivity index (χ4v) is 1.59. The zero-order valence-corrected chi connectivity index (χ0v) is 11.6. The summed E-state index contributed by atoms with van der Waals surface area (Å²) in [7, 11) is 0. The van der Waals surface area contributed by atoms with Crippen LogP contribution in [0.2, 0.25) is 0 Å². The second-order valence-corrected chi connectivity index (χ2v) is 4.71. The zero-order valence-electron chi connectivity index (χ0n) is 10.1. The molecule has 0 aliphatic rings. The summed E-state index contributed by atoms with van der Waals surface area (Å²) in [4.78, 5) is 8.98. The molecule has 0 bridgehead atoms. The van der Waals surface area contributed by atoms with E-state index in [-0.39, 0.29) is 0 Å². The van der Waals surface area contributed by atoms with Gasteiger partial charge in [0.05, 0.1) is 0 Å². The summed E-state index contributed by atoms with van der Waals surface area (Å²) in [5.41, 5.74) is 13.2. The van der Waals surface area contributed by atoms with Crippen molar-refractivity contribution in [3.05, 3.63) is 71.8 Å². The second kappa shape index (κ2) is 7.26. The van der Waals surface area contributed by atoms with Gasteiger partial charge in [0.25, 0.3) is 0 Å². The van der Waals surface area contributed by atoms with Crippen LogP contribution in [0.15, 0.2) is 60.7 Å². The van der Waals surface area contributed by atoms with Crippen molar-refractivity contribution in [1.29, 1.82) is 0 Å². The van der Waals surface area contributed by atoms with E-state index in [0.717, 1.165) is 11.1 Å². The Kier molecular flexibility index (Phi) is 5.99. The lowest BCUT2D eigenvalue weighted by molar-refractivity contribution is 0.275. The van der Waals surface area contributed by atoms with Crippen LogP contribution in [0.1, 0.15) is 11.1 Å². The van der Waals surface area contributed by atoms with Crippen molar-refractivity contribution in [2.45, 2.75) is 5.66 Å². The summed E-state index contributed by atoms with van der Waals surface area (Å²) in [6.45, 7) is 0. The quantitative estimate of drug-likeness (QED) is 0.659. The summed E-state index contributed by atoms with van der Waals surface area (Å²) in [5.74, 6) is 0. The van der Waals surface area contributed by atoms with Gasteiger partial charge in [-0.05, 0) is 34.3 Å². The molecular formula is C14H14Cl2N2O. The van der Waals surface area contributed by atoms with Gasteiger partial charge in [0.15, 0.2) is 0 Å². The molecule has 2 aromatic carbocycles. The maximum Gasteiger partial charge on any atom is 0.313 e. The predicted octanol–water partition coefficient (Wildman–Crippen LogP) is 3.39. The van der Waals surface area contributed by atoms with Gasteiger partial charge in [0.2, 0.25) is 0 Å². The van der Waals surface area contributed by atoms with Gasteiger partial charge in [-0.3, -0.25) is 4.79 Å². The molecule has 2 aromatic rings. The Hall–Kier alpha value is -1.39. The fraction of sp³-hybridized carbons (Fsp3) is 0.0714. The first-order chi connectivity index (χ1) is 8.94. The van der Waals surface area contributed by atoms with Gasteiger partial charge in [-0.1, -0.05) is 60.7 Å². The number of hydrogen-bond acceptors (Lipinski definition) is 3. The minimum absolute atomic E-state index is 0.889. The Bertz CT molecular complexity index is 470. The highest BCUT2D eigenvalue weighted by molar-refractivity contribution is 6.93. The Labute approximate surface area is 122 Å². The van der Waals surface area contributed by atoms with E-state index in [1.807, 2.05) is 60.7 Å². The molecule has 0 aromatic heterocycles. The maximum absolute atomic E-state index is 8.98. The lowest BCUT2D eigenvalue weighted by Gasteiger charge is -2.25. The summed E-state index contributed by atoms with van der Waals surface area (Å²) < 4.78 is -0.889. The zero-order chi connectivity index (χ0) is 14.3. The molecule has 5 heteroatoms. The molecular weight excluding hydrogens is 283 g/mol. The van der Waals surface area contributed by atoms with Crippen LogP contribution in [0.5, 0.6) is 0 Å². The summed E-state index contributed by atoms with van der Waals surface area (Å²) in [6, 6.07) is 19.4. The van der Waals surface area contributed by atoms with E-state index in [4.69, 9.17) is 16.3 Å². The van der Waals surface area contributed by atoms with Gasteiger partial charge < -0.3 is 11.5 Å². The highest BCUT2D eigenvalue weighted by atomic mass is 35.5. The maximum atomic E-state index is 8.98. The highest BCUT2D eigenvalue weighted by Crippen LogP contribution is 2.20. The number of halogens is 2. The van der Waals surface area contributed by atoms with E-state index < -0.39 is 10.4 Å². The van der Waals surface area contributed by atoms with Crippen LogP contribution in [0.25, 0.3) is 0 Å². The van der Waals surface area contributed by atoms with Crippen molar-refractivity contribution >= 4 is 27.9 Å². The number of carbonyl (C=O) groups excluding carboxylic acids is 1. The molecule has 0 aliphatic heterocycles. The lowest BCUT2D eigenvalue weighted by atomic mass is 9.93. The average Bonchev–Trinajstić information content (AvgIpc) is 2.40. The molecule has 100 valence electrons. The van der Waals surface area contributed by atoms with Crippen molar-refractivity contribution < 1.29 is 4.79 Å². The number of carbonyl (C=O) groups is 1. The molecule has 4 N–H and O–H groups in total. The Morgan fingerprint density at radius 3 is 1.32 bits per heavy atom. The first-order valence-corrected chi connectivity index (χ1v) is 6.24. The van der Waals surface area contributed by atoms with E-state index in [2.05, 4.69) is 23.2 Å². The van der Waals surface area contributed by atoms with E-state index in [9.17, 15) is 0 Å². The average molecular weight is 297 g/mol. The van der Waals surface area contributed by atoms with Crippen molar-refractivity contribution in [3.63, 3.8) is 0 Å². The minimum Gasteiger partial charge on any atom is -0.306 e. The van der Waals surface area contributed by atoms with E-state index in [1.165, 1.54) is 0 Å². The number of hydrogen-bond donors (Lipinski definition) is 2. The highest BCUT2D eigenvalue weighted by Gasteiger charge is 2.23. The molecule has 0 spiro atoms. The van der Waals surface area contributed by atoms with Crippen LogP contribution >= 0.6 is 23.2 Å². The molecule has 0 saturated heterocycles. The number of rotatable bonds is 2. The minimum atomic E-state index is -0.914. The van der Waals surface area contributed by atoms with Crippen molar-refractivity contribution in [2.75, 3.05) is 0 Å². The molecule has 0 heterocycles. The molecule has 19 heavy (non-hydrogen) atoms. The van der Waals surface area contributed by atoms with Gasteiger partial charge in [-0.15, -0.1) is 0 Å². The van der Waals surface area contributed by atoms with E-state index >= 15 is 0 Å². The van der Waals surface area contributed by atoms with Crippen LogP contribution in [-0.4, -0.2) is 4.70 Å². The largest absolute Gasteiger partial charge is 0.313 e. The molecule has 0 amide bonds. The molecule has 0 aliphatic carbocycles. The number of nitrogens with two attached hydrogens (primary N) is 2. The summed E-state index contributed by atoms with van der Waals surface area (Å²) in [5, 5.41) is 0. The van der Waals surface area contributed by atoms with Crippen LogP contribution < -0.4 is 11.5 Å². The van der Waals surface area contributed by atoms with Crippen molar-refractivity contribution in [3.8, 4) is 0 Å². The third-order valence-corrected chi connectivity index (χ3v) is 2.50. The van der Waals surface area contributed by atoms with Gasteiger partial charge in [-0.2, -0.15) is 0 Å². The van der Waals surface area contributed by atoms with Crippen molar-refractivity contribution in [2.24, 2.45) is 11.5 Å². The summed E-state index contributed by atoms with van der Waals surface area (Å²) in [6.07, 6.45) is 0. The van der Waals surface area contributed by atoms with Gasteiger partial charge in [0, 0.05) is 0 Å². The van der Waals surface area contributed by atoms with Gasteiger partial charge in [-0.25, -0.2) is 0 Å². The Morgan fingerprint density at radius 2 is 1.05 bits per heavy atom. The number of benzene rings is 2. The monoisotopic (exact) mass is 296 g/mol. The molecule has 0 fully saturated rings. The normalized spacial score (nSPS) is 10.3. The SMILES string of the molecule is NC(N)(c1ccccc1)c1ccccc1.O=C(Cl)Cl. The van der Waals surface area contributed by atoms with E-state index in [1.54, 1.807) is 0 Å². The third-order valence-electron chi connectivity index (χ3n) is 2.50. The van der Waals surface area contributed by atoms with Crippen LogP contribution in [0.4, 0.5) is 4.79 Å². The molecule has 0 atom stereocenters. The lowest BCUT2D eigenvalue weighted by Crippen LogP contribution is -2.46. The van der Waals surface area contributed by atoms with Crippen LogP contribution in [0.3, 0.4) is 0 Å². The Balaban J connectivity index is 0.000000399. The smallest absolute Gasteiger partial charge is 0.306 e. The second-order valence-electron chi connectivity index (χ2n) is 3.83. The van der Waals surface area contributed by atoms with E-state index in [0.29, 0.717) is 0 Å². The first-order valence-electron chi connectivity index (χ1n) is 5.48. The Morgan fingerprint density at radius 1 is 0.789 bits per heavy atom. The van der Waals surface area contributed by atoms with Gasteiger partial charge >= 0.3 is 4.70 Å².